The van der Waals surface area contributed by atoms with E-state index in [-0.39, 0.29) is 0 Å². The molecule has 1 aliphatic carbocycles. The minimum Gasteiger partial charge on any atom is -0.340 e. The van der Waals surface area contributed by atoms with Gasteiger partial charge in [-0.15, -0.1) is 0 Å². The number of rotatable bonds is 4. The van der Waals surface area contributed by atoms with Crippen molar-refractivity contribution < 1.29 is 0 Å². The van der Waals surface area contributed by atoms with Crippen LogP contribution in [0, 0.1) is 13.8 Å². The molecule has 3 nitrogen and oxygen atoms in total. The lowest BCUT2D eigenvalue weighted by Gasteiger charge is -2.26. The first kappa shape index (κ1) is 15.0. The zero-order chi connectivity index (χ0) is 15.5. The molecule has 0 amide bonds. The Morgan fingerprint density at radius 2 is 2.09 bits per heavy atom. The molecule has 114 valence electrons. The monoisotopic (exact) mass is 311 g/mol. The number of anilines is 1. The smallest absolute Gasteiger partial charge is 0.174 e. The van der Waals surface area contributed by atoms with Crippen molar-refractivity contribution in [3.63, 3.8) is 0 Å². The lowest BCUT2D eigenvalue weighted by Crippen LogP contribution is -2.36. The minimum absolute atomic E-state index is 0.549. The van der Waals surface area contributed by atoms with E-state index in [1.54, 1.807) is 0 Å². The van der Waals surface area contributed by atoms with Crippen LogP contribution in [0.1, 0.15) is 29.7 Å². The van der Waals surface area contributed by atoms with Gasteiger partial charge in [0.05, 0.1) is 12.2 Å². The molecule has 0 saturated heterocycles. The van der Waals surface area contributed by atoms with E-state index in [0.29, 0.717) is 6.04 Å². The second-order valence-corrected chi connectivity index (χ2v) is 6.32. The third kappa shape index (κ3) is 3.63. The van der Waals surface area contributed by atoms with Crippen LogP contribution in [0.5, 0.6) is 0 Å². The highest BCUT2D eigenvalue weighted by Crippen LogP contribution is 2.29. The van der Waals surface area contributed by atoms with Gasteiger partial charge in [0.2, 0.25) is 0 Å². The summed E-state index contributed by atoms with van der Waals surface area (Å²) in [6, 6.07) is 12.9. The van der Waals surface area contributed by atoms with Crippen LogP contribution in [0.3, 0.4) is 0 Å². The normalized spacial score (nSPS) is 13.7. The van der Waals surface area contributed by atoms with Gasteiger partial charge in [-0.3, -0.25) is 4.98 Å². The van der Waals surface area contributed by atoms with Crippen molar-refractivity contribution in [2.24, 2.45) is 0 Å². The molecule has 1 saturated carbocycles. The standard InChI is InChI=1S/C18H21N3S/c1-13-6-9-17(14(2)11-13)20-18(22)21(16-7-8-16)12-15-5-3-4-10-19-15/h3-6,9-11,16H,7-8,12H2,1-2H3,(H,20,22). The van der Waals surface area contributed by atoms with Crippen LogP contribution in [0.2, 0.25) is 0 Å². The number of aromatic nitrogens is 1. The number of hydrogen-bond acceptors (Lipinski definition) is 2. The summed E-state index contributed by atoms with van der Waals surface area (Å²) < 4.78 is 0. The molecule has 0 aliphatic heterocycles. The molecular weight excluding hydrogens is 290 g/mol. The summed E-state index contributed by atoms with van der Waals surface area (Å²) in [7, 11) is 0. The minimum atomic E-state index is 0.549. The Morgan fingerprint density at radius 3 is 2.73 bits per heavy atom. The van der Waals surface area contributed by atoms with Gasteiger partial charge in [0.15, 0.2) is 5.11 Å². The predicted molar refractivity (Wildman–Crippen MR) is 94.9 cm³/mol. The summed E-state index contributed by atoms with van der Waals surface area (Å²) in [5.41, 5.74) is 4.62. The highest BCUT2D eigenvalue weighted by atomic mass is 32.1. The molecule has 0 atom stereocenters. The van der Waals surface area contributed by atoms with E-state index >= 15 is 0 Å². The van der Waals surface area contributed by atoms with Crippen LogP contribution in [0.25, 0.3) is 0 Å². The summed E-state index contributed by atoms with van der Waals surface area (Å²) in [5, 5.41) is 4.20. The number of benzene rings is 1. The van der Waals surface area contributed by atoms with Crippen molar-refractivity contribution in [2.75, 3.05) is 5.32 Å². The summed E-state index contributed by atoms with van der Waals surface area (Å²) in [6.07, 6.45) is 4.25. The van der Waals surface area contributed by atoms with E-state index in [4.69, 9.17) is 12.2 Å². The van der Waals surface area contributed by atoms with Crippen molar-refractivity contribution in [1.29, 1.82) is 0 Å². The summed E-state index contributed by atoms with van der Waals surface area (Å²) in [4.78, 5) is 6.68. The molecule has 1 N–H and O–H groups in total. The van der Waals surface area contributed by atoms with Crippen LogP contribution in [-0.4, -0.2) is 21.0 Å². The van der Waals surface area contributed by atoms with E-state index in [1.165, 1.54) is 24.0 Å². The maximum absolute atomic E-state index is 5.65. The Bertz CT molecular complexity index is 665. The van der Waals surface area contributed by atoms with Crippen LogP contribution in [0.15, 0.2) is 42.6 Å². The van der Waals surface area contributed by atoms with Gasteiger partial charge in [0.25, 0.3) is 0 Å². The van der Waals surface area contributed by atoms with Crippen molar-refractivity contribution in [1.82, 2.24) is 9.88 Å². The maximum atomic E-state index is 5.65. The van der Waals surface area contributed by atoms with Crippen LogP contribution in [0.4, 0.5) is 5.69 Å². The molecule has 3 rings (SSSR count). The van der Waals surface area contributed by atoms with Crippen LogP contribution in [-0.2, 0) is 6.54 Å². The summed E-state index contributed by atoms with van der Waals surface area (Å²) in [6.45, 7) is 4.98. The third-order valence-corrected chi connectivity index (χ3v) is 4.27. The van der Waals surface area contributed by atoms with Crippen LogP contribution >= 0.6 is 12.2 Å². The highest BCUT2D eigenvalue weighted by molar-refractivity contribution is 7.80. The Balaban J connectivity index is 1.73. The largest absolute Gasteiger partial charge is 0.340 e. The summed E-state index contributed by atoms with van der Waals surface area (Å²) >= 11 is 5.65. The van der Waals surface area contributed by atoms with Gasteiger partial charge in [0.1, 0.15) is 0 Å². The van der Waals surface area contributed by atoms with Gasteiger partial charge < -0.3 is 10.2 Å². The molecule has 1 aromatic carbocycles. The molecular formula is C18H21N3S. The highest BCUT2D eigenvalue weighted by Gasteiger charge is 2.31. The van der Waals surface area contributed by atoms with Crippen LogP contribution < -0.4 is 5.32 Å². The average Bonchev–Trinajstić information content (AvgIpc) is 3.33. The Morgan fingerprint density at radius 1 is 1.27 bits per heavy atom. The van der Waals surface area contributed by atoms with Gasteiger partial charge in [-0.05, 0) is 62.7 Å². The lowest BCUT2D eigenvalue weighted by molar-refractivity contribution is 0.404. The molecule has 1 aliphatic rings. The van der Waals surface area contributed by atoms with E-state index in [1.807, 2.05) is 18.3 Å². The van der Waals surface area contributed by atoms with Gasteiger partial charge in [0, 0.05) is 17.9 Å². The molecule has 0 bridgehead atoms. The van der Waals surface area contributed by atoms with Gasteiger partial charge >= 0.3 is 0 Å². The fourth-order valence-corrected chi connectivity index (χ4v) is 2.88. The van der Waals surface area contributed by atoms with Gasteiger partial charge in [-0.2, -0.15) is 0 Å². The van der Waals surface area contributed by atoms with Gasteiger partial charge in [-0.25, -0.2) is 0 Å². The SMILES string of the molecule is Cc1ccc(NC(=S)N(Cc2ccccn2)C2CC2)c(C)c1. The van der Waals surface area contributed by atoms with E-state index in [0.717, 1.165) is 23.0 Å². The number of aryl methyl sites for hydroxylation is 2. The van der Waals surface area contributed by atoms with Gasteiger partial charge in [-0.1, -0.05) is 23.8 Å². The molecule has 22 heavy (non-hydrogen) atoms. The average molecular weight is 311 g/mol. The number of hydrogen-bond donors (Lipinski definition) is 1. The second kappa shape index (κ2) is 6.44. The zero-order valence-corrected chi connectivity index (χ0v) is 13.9. The maximum Gasteiger partial charge on any atom is 0.174 e. The molecule has 0 unspecified atom stereocenters. The Labute approximate surface area is 137 Å². The van der Waals surface area contributed by atoms with E-state index in [2.05, 4.69) is 53.3 Å². The number of nitrogens with one attached hydrogen (secondary N) is 1. The topological polar surface area (TPSA) is 28.2 Å². The fraction of sp³-hybridized carbons (Fsp3) is 0.333. The summed E-state index contributed by atoms with van der Waals surface area (Å²) in [5.74, 6) is 0. The third-order valence-electron chi connectivity index (χ3n) is 3.93. The first-order chi connectivity index (χ1) is 10.6. The van der Waals surface area contributed by atoms with E-state index < -0.39 is 0 Å². The van der Waals surface area contributed by atoms with Crippen molar-refractivity contribution >= 4 is 23.0 Å². The first-order valence-electron chi connectivity index (χ1n) is 7.68. The number of pyridine rings is 1. The number of nitrogens with zero attached hydrogens (tertiary/aromatic N) is 2. The molecule has 0 spiro atoms. The molecule has 1 heterocycles. The van der Waals surface area contributed by atoms with Crippen molar-refractivity contribution in [2.45, 2.75) is 39.3 Å². The lowest BCUT2D eigenvalue weighted by atomic mass is 10.1. The second-order valence-electron chi connectivity index (χ2n) is 5.93. The van der Waals surface area contributed by atoms with Crippen molar-refractivity contribution in [3.05, 3.63) is 59.4 Å². The molecule has 2 aromatic rings. The Kier molecular flexibility index (Phi) is 4.39. The quantitative estimate of drug-likeness (QED) is 0.862. The molecule has 1 aromatic heterocycles. The van der Waals surface area contributed by atoms with E-state index in [9.17, 15) is 0 Å². The first-order valence-corrected chi connectivity index (χ1v) is 8.09. The van der Waals surface area contributed by atoms with Crippen molar-refractivity contribution in [3.8, 4) is 0 Å². The Hall–Kier alpha value is -1.94. The molecule has 0 radical (unpaired) electrons. The number of thiocarbonyl (C=S) groups is 1. The zero-order valence-electron chi connectivity index (χ0n) is 13.0. The molecule has 4 heteroatoms. The fourth-order valence-electron chi connectivity index (χ4n) is 2.56. The molecule has 1 fully saturated rings. The predicted octanol–water partition coefficient (Wildman–Crippen LogP) is 4.06.